The van der Waals surface area contributed by atoms with E-state index in [-0.39, 0.29) is 24.0 Å². The van der Waals surface area contributed by atoms with Gasteiger partial charge in [0.05, 0.1) is 0 Å². The van der Waals surface area contributed by atoms with Crippen molar-refractivity contribution >= 4 is 29.9 Å². The van der Waals surface area contributed by atoms with E-state index in [9.17, 15) is 0 Å². The van der Waals surface area contributed by atoms with E-state index < -0.39 is 0 Å². The van der Waals surface area contributed by atoms with Crippen LogP contribution in [0.5, 0.6) is 0 Å². The number of halogens is 1. The maximum atomic E-state index is 5.80. The summed E-state index contributed by atoms with van der Waals surface area (Å²) in [6, 6.07) is 0. The van der Waals surface area contributed by atoms with Crippen LogP contribution in [0.1, 0.15) is 51.9 Å². The van der Waals surface area contributed by atoms with Crippen LogP contribution in [0.4, 0.5) is 0 Å². The van der Waals surface area contributed by atoms with E-state index in [1.165, 1.54) is 19.3 Å². The van der Waals surface area contributed by atoms with Gasteiger partial charge >= 0.3 is 0 Å². The predicted octanol–water partition coefficient (Wildman–Crippen LogP) is 2.92. The first-order chi connectivity index (χ1) is 10.3. The van der Waals surface area contributed by atoms with Gasteiger partial charge in [0.2, 0.25) is 0 Å². The average Bonchev–Trinajstić information content (AvgIpc) is 2.51. The molecule has 1 saturated heterocycles. The van der Waals surface area contributed by atoms with E-state index in [1.54, 1.807) is 0 Å². The Morgan fingerprint density at radius 3 is 2.73 bits per heavy atom. The molecular formula is C16H34IN3O2. The molecule has 3 N–H and O–H groups in total. The van der Waals surface area contributed by atoms with Crippen molar-refractivity contribution in [3.63, 3.8) is 0 Å². The fourth-order valence-electron chi connectivity index (χ4n) is 2.35. The summed E-state index contributed by atoms with van der Waals surface area (Å²) >= 11 is 0. The Labute approximate surface area is 152 Å². The van der Waals surface area contributed by atoms with Crippen molar-refractivity contribution < 1.29 is 9.47 Å². The Hall–Kier alpha value is -0.0800. The first-order valence-corrected chi connectivity index (χ1v) is 8.52. The minimum atomic E-state index is 0. The zero-order valence-electron chi connectivity index (χ0n) is 14.0. The molecule has 0 aliphatic carbocycles. The van der Waals surface area contributed by atoms with Crippen LogP contribution in [0.15, 0.2) is 4.99 Å². The van der Waals surface area contributed by atoms with Crippen molar-refractivity contribution in [2.24, 2.45) is 16.6 Å². The molecule has 0 unspecified atom stereocenters. The second kappa shape index (κ2) is 15.8. The predicted molar refractivity (Wildman–Crippen MR) is 103 cm³/mol. The van der Waals surface area contributed by atoms with Gasteiger partial charge in [-0.15, -0.1) is 24.0 Å². The molecule has 1 heterocycles. The van der Waals surface area contributed by atoms with Gasteiger partial charge in [-0.1, -0.05) is 26.2 Å². The Morgan fingerprint density at radius 1 is 1.23 bits per heavy atom. The molecular weight excluding hydrogens is 393 g/mol. The lowest BCUT2D eigenvalue weighted by Gasteiger charge is -2.21. The van der Waals surface area contributed by atoms with Crippen LogP contribution >= 0.6 is 24.0 Å². The van der Waals surface area contributed by atoms with Gasteiger partial charge in [0, 0.05) is 39.5 Å². The van der Waals surface area contributed by atoms with Crippen molar-refractivity contribution in [2.75, 3.05) is 39.5 Å². The molecule has 0 aromatic heterocycles. The normalized spacial score (nSPS) is 16.3. The van der Waals surface area contributed by atoms with Crippen LogP contribution in [-0.4, -0.2) is 45.5 Å². The molecule has 22 heavy (non-hydrogen) atoms. The standard InChI is InChI=1S/C16H33N3O2.HI/c1-2-3-4-5-9-18-16(17)19-10-6-11-21-14-15-7-12-20-13-8-15;/h15H,2-14H2,1H3,(H3,17,18,19);1H. The first-order valence-electron chi connectivity index (χ1n) is 8.52. The Kier molecular flexibility index (Phi) is 15.7. The molecule has 0 amide bonds. The van der Waals surface area contributed by atoms with Crippen LogP contribution in [0.2, 0.25) is 0 Å². The van der Waals surface area contributed by atoms with Gasteiger partial charge in [0.25, 0.3) is 0 Å². The van der Waals surface area contributed by atoms with E-state index >= 15 is 0 Å². The second-order valence-electron chi connectivity index (χ2n) is 5.74. The van der Waals surface area contributed by atoms with Gasteiger partial charge in [0.15, 0.2) is 5.96 Å². The highest BCUT2D eigenvalue weighted by atomic mass is 127. The van der Waals surface area contributed by atoms with Crippen LogP contribution in [0, 0.1) is 5.92 Å². The smallest absolute Gasteiger partial charge is 0.188 e. The van der Waals surface area contributed by atoms with Gasteiger partial charge in [0.1, 0.15) is 0 Å². The minimum absolute atomic E-state index is 0. The third kappa shape index (κ3) is 12.5. The average molecular weight is 427 g/mol. The van der Waals surface area contributed by atoms with Crippen LogP contribution in [0.25, 0.3) is 0 Å². The van der Waals surface area contributed by atoms with Crippen molar-refractivity contribution in [3.8, 4) is 0 Å². The highest BCUT2D eigenvalue weighted by molar-refractivity contribution is 14.0. The topological polar surface area (TPSA) is 68.9 Å². The summed E-state index contributed by atoms with van der Waals surface area (Å²) in [6.07, 6.45) is 8.18. The van der Waals surface area contributed by atoms with Crippen LogP contribution < -0.4 is 11.1 Å². The molecule has 1 aliphatic rings. The largest absolute Gasteiger partial charge is 0.381 e. The van der Waals surface area contributed by atoms with Crippen molar-refractivity contribution in [1.29, 1.82) is 0 Å². The summed E-state index contributed by atoms with van der Waals surface area (Å²) in [5.74, 6) is 1.24. The molecule has 1 rings (SSSR count). The lowest BCUT2D eigenvalue weighted by Crippen LogP contribution is -2.32. The Bertz CT molecular complexity index is 272. The first kappa shape index (κ1) is 21.9. The number of hydrogen-bond donors (Lipinski definition) is 2. The monoisotopic (exact) mass is 427 g/mol. The Morgan fingerprint density at radius 2 is 2.00 bits per heavy atom. The third-order valence-corrected chi connectivity index (χ3v) is 3.76. The zero-order chi connectivity index (χ0) is 15.2. The quantitative estimate of drug-likeness (QED) is 0.230. The molecule has 0 aromatic rings. The number of nitrogens with one attached hydrogen (secondary N) is 1. The number of ether oxygens (including phenoxy) is 2. The van der Waals surface area contributed by atoms with E-state index in [1.807, 2.05) is 0 Å². The fraction of sp³-hybridized carbons (Fsp3) is 0.938. The number of guanidine groups is 1. The fourth-order valence-corrected chi connectivity index (χ4v) is 2.35. The van der Waals surface area contributed by atoms with Crippen LogP contribution in [-0.2, 0) is 9.47 Å². The lowest BCUT2D eigenvalue weighted by atomic mass is 10.0. The van der Waals surface area contributed by atoms with Crippen molar-refractivity contribution in [3.05, 3.63) is 0 Å². The molecule has 1 fully saturated rings. The molecule has 0 atom stereocenters. The Balaban J connectivity index is 0.00000441. The molecule has 0 bridgehead atoms. The molecule has 0 saturated carbocycles. The van der Waals surface area contributed by atoms with Gasteiger partial charge in [-0.05, 0) is 31.6 Å². The highest BCUT2D eigenvalue weighted by Crippen LogP contribution is 2.14. The van der Waals surface area contributed by atoms with E-state index in [0.29, 0.717) is 11.9 Å². The maximum absolute atomic E-state index is 5.80. The van der Waals surface area contributed by atoms with Crippen LogP contribution in [0.3, 0.4) is 0 Å². The molecule has 1 aliphatic heterocycles. The number of hydrogen-bond acceptors (Lipinski definition) is 3. The number of aliphatic imine (C=N–C) groups is 1. The summed E-state index contributed by atoms with van der Waals surface area (Å²) in [5.41, 5.74) is 5.80. The van der Waals surface area contributed by atoms with Gasteiger partial charge in [-0.2, -0.15) is 0 Å². The molecule has 0 radical (unpaired) electrons. The number of nitrogens with two attached hydrogens (primary N) is 1. The number of unbranched alkanes of at least 4 members (excludes halogenated alkanes) is 3. The summed E-state index contributed by atoms with van der Waals surface area (Å²) in [4.78, 5) is 4.31. The molecule has 0 spiro atoms. The van der Waals surface area contributed by atoms with E-state index in [0.717, 1.165) is 65.2 Å². The molecule has 6 heteroatoms. The van der Waals surface area contributed by atoms with Crippen molar-refractivity contribution in [2.45, 2.75) is 51.9 Å². The van der Waals surface area contributed by atoms with Gasteiger partial charge < -0.3 is 20.5 Å². The molecule has 0 aromatic carbocycles. The maximum Gasteiger partial charge on any atom is 0.188 e. The SMILES string of the molecule is CCCCCCNC(N)=NCCCOCC1CCOCC1.I. The zero-order valence-corrected chi connectivity index (χ0v) is 16.3. The summed E-state index contributed by atoms with van der Waals surface area (Å²) < 4.78 is 11.0. The molecule has 5 nitrogen and oxygen atoms in total. The number of nitrogens with zero attached hydrogens (tertiary/aromatic N) is 1. The summed E-state index contributed by atoms with van der Waals surface area (Å²) in [5, 5.41) is 3.16. The lowest BCUT2D eigenvalue weighted by molar-refractivity contribution is 0.0205. The van der Waals surface area contributed by atoms with Crippen molar-refractivity contribution in [1.82, 2.24) is 5.32 Å². The van der Waals surface area contributed by atoms with Gasteiger partial charge in [-0.3, -0.25) is 4.99 Å². The van der Waals surface area contributed by atoms with E-state index in [2.05, 4.69) is 17.2 Å². The molecule has 132 valence electrons. The van der Waals surface area contributed by atoms with Gasteiger partial charge in [-0.25, -0.2) is 0 Å². The summed E-state index contributed by atoms with van der Waals surface area (Å²) in [7, 11) is 0. The minimum Gasteiger partial charge on any atom is -0.381 e. The number of rotatable bonds is 11. The summed E-state index contributed by atoms with van der Waals surface area (Å²) in [6.45, 7) is 7.28. The van der Waals surface area contributed by atoms with E-state index in [4.69, 9.17) is 15.2 Å². The second-order valence-corrected chi connectivity index (χ2v) is 5.74. The third-order valence-electron chi connectivity index (χ3n) is 3.76. The highest BCUT2D eigenvalue weighted by Gasteiger charge is 2.13.